The molecule has 2 amide bonds. The molecule has 2 aromatic heterocycles. The van der Waals surface area contributed by atoms with Gasteiger partial charge in [-0.1, -0.05) is 12.1 Å². The van der Waals surface area contributed by atoms with Crippen LogP contribution in [0.5, 0.6) is 0 Å². The molecule has 26 heavy (non-hydrogen) atoms. The fourth-order valence-corrected chi connectivity index (χ4v) is 4.58. The van der Waals surface area contributed by atoms with Crippen molar-refractivity contribution in [3.8, 4) is 0 Å². The van der Waals surface area contributed by atoms with Crippen LogP contribution >= 0.6 is 11.3 Å². The summed E-state index contributed by atoms with van der Waals surface area (Å²) in [5.74, 6) is -0.637. The maximum absolute atomic E-state index is 12.4. The molecule has 1 saturated heterocycles. The van der Waals surface area contributed by atoms with Crippen LogP contribution in [-0.2, 0) is 11.8 Å². The molecule has 3 heterocycles. The quantitative estimate of drug-likeness (QED) is 0.769. The number of carbonyl (C=O) groups is 2. The average molecular weight is 368 g/mol. The van der Waals surface area contributed by atoms with Crippen LogP contribution in [0.2, 0.25) is 0 Å². The number of rotatable bonds is 4. The van der Waals surface area contributed by atoms with Gasteiger partial charge >= 0.3 is 0 Å². The summed E-state index contributed by atoms with van der Waals surface area (Å²) in [5.41, 5.74) is 1.48. The molecule has 4 rings (SSSR count). The molecule has 7 heteroatoms. The first-order valence-electron chi connectivity index (χ1n) is 8.67. The average Bonchev–Trinajstić information content (AvgIpc) is 3.32. The van der Waals surface area contributed by atoms with E-state index in [1.807, 2.05) is 18.2 Å². The third-order valence-electron chi connectivity index (χ3n) is 4.74. The monoisotopic (exact) mass is 368 g/mol. The minimum atomic E-state index is -0.363. The van der Waals surface area contributed by atoms with Crippen molar-refractivity contribution in [2.45, 2.75) is 18.9 Å². The van der Waals surface area contributed by atoms with Gasteiger partial charge in [-0.05, 0) is 43.7 Å². The van der Waals surface area contributed by atoms with E-state index >= 15 is 0 Å². The lowest BCUT2D eigenvalue weighted by molar-refractivity contribution is -0.121. The third kappa shape index (κ3) is 3.27. The molecule has 134 valence electrons. The van der Waals surface area contributed by atoms with Crippen LogP contribution in [0, 0.1) is 0 Å². The van der Waals surface area contributed by atoms with Crippen LogP contribution < -0.4 is 5.32 Å². The molecule has 1 aliphatic heterocycles. The van der Waals surface area contributed by atoms with Crippen LogP contribution in [0.1, 0.15) is 34.4 Å². The van der Waals surface area contributed by atoms with E-state index in [4.69, 9.17) is 4.98 Å². The van der Waals surface area contributed by atoms with E-state index in [0.717, 1.165) is 34.6 Å². The molecule has 1 unspecified atom stereocenters. The molecule has 1 atom stereocenters. The van der Waals surface area contributed by atoms with Gasteiger partial charge in [-0.2, -0.15) is 0 Å². The van der Waals surface area contributed by atoms with Gasteiger partial charge in [-0.3, -0.25) is 19.8 Å². The molecular formula is C19H20N4O2S. The zero-order valence-electron chi connectivity index (χ0n) is 14.5. The predicted octanol–water partition coefficient (Wildman–Crippen LogP) is 2.73. The van der Waals surface area contributed by atoms with Gasteiger partial charge in [0.25, 0.3) is 5.91 Å². The number of carbonyl (C=O) groups excluding carboxylic acids is 2. The number of thiazole rings is 1. The van der Waals surface area contributed by atoms with E-state index in [1.165, 1.54) is 0 Å². The van der Waals surface area contributed by atoms with Crippen molar-refractivity contribution >= 4 is 33.4 Å². The second-order valence-electron chi connectivity index (χ2n) is 6.53. The molecule has 1 fully saturated rings. The number of para-hydroxylation sites is 1. The Morgan fingerprint density at radius 1 is 1.27 bits per heavy atom. The van der Waals surface area contributed by atoms with Crippen LogP contribution in [0.3, 0.4) is 0 Å². The lowest BCUT2D eigenvalue weighted by Crippen LogP contribution is -2.40. The van der Waals surface area contributed by atoms with Gasteiger partial charge in [0.1, 0.15) is 10.7 Å². The van der Waals surface area contributed by atoms with Crippen molar-refractivity contribution in [2.75, 3.05) is 13.1 Å². The highest BCUT2D eigenvalue weighted by molar-refractivity contribution is 7.18. The molecular weight excluding hydrogens is 348 g/mol. The lowest BCUT2D eigenvalue weighted by Gasteiger charge is -2.21. The molecule has 0 radical (unpaired) electrons. The maximum Gasteiger partial charge on any atom is 0.274 e. The fraction of sp³-hybridized carbons (Fsp3) is 0.316. The minimum absolute atomic E-state index is 0.142. The summed E-state index contributed by atoms with van der Waals surface area (Å²) in [4.78, 5) is 31.4. The van der Waals surface area contributed by atoms with Crippen LogP contribution in [0.25, 0.3) is 10.2 Å². The number of imide groups is 1. The zero-order chi connectivity index (χ0) is 18.1. The Kier molecular flexibility index (Phi) is 4.57. The summed E-state index contributed by atoms with van der Waals surface area (Å²) < 4.78 is 2.86. The molecule has 0 bridgehead atoms. The summed E-state index contributed by atoms with van der Waals surface area (Å²) in [6.45, 7) is 1.04. The first-order valence-corrected chi connectivity index (χ1v) is 9.48. The van der Waals surface area contributed by atoms with Crippen LogP contribution in [0.4, 0.5) is 0 Å². The predicted molar refractivity (Wildman–Crippen MR) is 101 cm³/mol. The number of nitrogens with zero attached hydrogens (tertiary/aromatic N) is 3. The fourth-order valence-electron chi connectivity index (χ4n) is 3.44. The second kappa shape index (κ2) is 7.01. The van der Waals surface area contributed by atoms with Gasteiger partial charge in [-0.15, -0.1) is 11.3 Å². The molecule has 1 N–H and O–H groups in total. The molecule has 0 saturated carbocycles. The number of nitrogens with one attached hydrogen (secondary N) is 1. The summed E-state index contributed by atoms with van der Waals surface area (Å²) in [7, 11) is 1.78. The zero-order valence-corrected chi connectivity index (χ0v) is 15.3. The number of fused-ring (bicyclic) bond motifs is 1. The van der Waals surface area contributed by atoms with Gasteiger partial charge < -0.3 is 4.57 Å². The minimum Gasteiger partial charge on any atom is -0.347 e. The van der Waals surface area contributed by atoms with E-state index < -0.39 is 0 Å². The van der Waals surface area contributed by atoms with Gasteiger partial charge in [0.05, 0.1) is 22.8 Å². The van der Waals surface area contributed by atoms with E-state index in [2.05, 4.69) is 16.3 Å². The molecule has 1 aliphatic rings. The normalized spacial score (nSPS) is 17.7. The largest absolute Gasteiger partial charge is 0.347 e. The van der Waals surface area contributed by atoms with Crippen LogP contribution in [-0.4, -0.2) is 39.4 Å². The number of aromatic nitrogens is 2. The summed E-state index contributed by atoms with van der Waals surface area (Å²) in [6, 6.07) is 11.7. The van der Waals surface area contributed by atoms with Crippen molar-refractivity contribution in [1.82, 2.24) is 19.8 Å². The van der Waals surface area contributed by atoms with Crippen LogP contribution in [0.15, 0.2) is 42.6 Å². The molecule has 1 aromatic carbocycles. The Morgan fingerprint density at radius 3 is 2.88 bits per heavy atom. The van der Waals surface area contributed by atoms with Gasteiger partial charge in [0, 0.05) is 13.2 Å². The smallest absolute Gasteiger partial charge is 0.274 e. The molecule has 0 aliphatic carbocycles. The standard InChI is InChI=1S/C19H20N4O2S/c1-22-10-4-7-14(22)18(25)21-17(24)12-23-11-5-8-15(23)19-20-13-6-2-3-9-16(13)26-19/h2-4,6-7,9-10,15H,5,8,11-12H2,1H3,(H,21,24,25). The number of benzene rings is 1. The number of amides is 2. The van der Waals surface area contributed by atoms with Crippen molar-refractivity contribution in [3.05, 3.63) is 53.3 Å². The third-order valence-corrected chi connectivity index (χ3v) is 5.87. The molecule has 6 nitrogen and oxygen atoms in total. The highest BCUT2D eigenvalue weighted by Crippen LogP contribution is 2.36. The van der Waals surface area contributed by atoms with E-state index in [9.17, 15) is 9.59 Å². The van der Waals surface area contributed by atoms with Crippen molar-refractivity contribution < 1.29 is 9.59 Å². The van der Waals surface area contributed by atoms with Crippen molar-refractivity contribution in [1.29, 1.82) is 0 Å². The Balaban J connectivity index is 1.44. The number of hydrogen-bond acceptors (Lipinski definition) is 5. The highest BCUT2D eigenvalue weighted by Gasteiger charge is 2.30. The lowest BCUT2D eigenvalue weighted by atomic mass is 10.2. The summed E-state index contributed by atoms with van der Waals surface area (Å²) >= 11 is 1.68. The van der Waals surface area contributed by atoms with E-state index in [-0.39, 0.29) is 24.4 Å². The molecule has 3 aromatic rings. The topological polar surface area (TPSA) is 67.2 Å². The SMILES string of the molecule is Cn1cccc1C(=O)NC(=O)CN1CCCC1c1nc2ccccc2s1. The van der Waals surface area contributed by atoms with Gasteiger partial charge in [0.2, 0.25) is 5.91 Å². The van der Waals surface area contributed by atoms with Gasteiger partial charge in [-0.25, -0.2) is 4.98 Å². The number of aryl methyl sites for hydroxylation is 1. The van der Waals surface area contributed by atoms with Gasteiger partial charge in [0.15, 0.2) is 0 Å². The Bertz CT molecular complexity index is 928. The highest BCUT2D eigenvalue weighted by atomic mass is 32.1. The first kappa shape index (κ1) is 16.9. The Hall–Kier alpha value is -2.51. The molecule has 0 spiro atoms. The van der Waals surface area contributed by atoms with E-state index in [1.54, 1.807) is 41.3 Å². The summed E-state index contributed by atoms with van der Waals surface area (Å²) in [6.07, 6.45) is 3.79. The van der Waals surface area contributed by atoms with Crippen molar-refractivity contribution in [2.24, 2.45) is 7.05 Å². The Labute approximate surface area is 155 Å². The van der Waals surface area contributed by atoms with E-state index in [0.29, 0.717) is 5.69 Å². The number of hydrogen-bond donors (Lipinski definition) is 1. The Morgan fingerprint density at radius 2 is 2.12 bits per heavy atom. The number of likely N-dealkylation sites (tertiary alicyclic amines) is 1. The summed E-state index contributed by atoms with van der Waals surface area (Å²) in [5, 5.41) is 3.54. The van der Waals surface area contributed by atoms with Crippen molar-refractivity contribution in [3.63, 3.8) is 0 Å². The second-order valence-corrected chi connectivity index (χ2v) is 7.59. The maximum atomic E-state index is 12.4. The first-order chi connectivity index (χ1) is 12.6.